The predicted octanol–water partition coefficient (Wildman–Crippen LogP) is 4.07. The van der Waals surface area contributed by atoms with Crippen molar-refractivity contribution in [1.29, 1.82) is 0 Å². The number of carbonyl (C=O) groups excluding carboxylic acids is 2. The highest BCUT2D eigenvalue weighted by Gasteiger charge is 2.21. The molecule has 0 aliphatic heterocycles. The maximum Gasteiger partial charge on any atom is 0.338 e. The highest BCUT2D eigenvalue weighted by Crippen LogP contribution is 2.30. The summed E-state index contributed by atoms with van der Waals surface area (Å²) in [4.78, 5) is 24.5. The van der Waals surface area contributed by atoms with Gasteiger partial charge in [-0.2, -0.15) is 0 Å². The molecule has 0 heterocycles. The number of fused-ring (bicyclic) bond motifs is 1. The van der Waals surface area contributed by atoms with E-state index in [0.29, 0.717) is 16.8 Å². The molecule has 5 heteroatoms. The Hall–Kier alpha value is -2.82. The summed E-state index contributed by atoms with van der Waals surface area (Å²) in [6, 6.07) is 11.2. The largest absolute Gasteiger partial charge is 0.481 e. The summed E-state index contributed by atoms with van der Waals surface area (Å²) in [5, 5.41) is 2.86. The molecule has 3 rings (SSSR count). The van der Waals surface area contributed by atoms with Crippen molar-refractivity contribution >= 4 is 17.6 Å². The first-order valence-corrected chi connectivity index (χ1v) is 9.27. The van der Waals surface area contributed by atoms with E-state index in [2.05, 4.69) is 11.4 Å². The highest BCUT2D eigenvalue weighted by atomic mass is 16.5. The van der Waals surface area contributed by atoms with Gasteiger partial charge in [0.2, 0.25) is 0 Å². The van der Waals surface area contributed by atoms with Crippen LogP contribution in [0.5, 0.6) is 5.75 Å². The minimum Gasteiger partial charge on any atom is -0.481 e. The third-order valence-corrected chi connectivity index (χ3v) is 5.02. The Kier molecular flexibility index (Phi) is 5.79. The monoisotopic (exact) mass is 367 g/mol. The Morgan fingerprint density at radius 1 is 1.07 bits per heavy atom. The zero-order valence-electron chi connectivity index (χ0n) is 16.0. The summed E-state index contributed by atoms with van der Waals surface area (Å²) in [6.45, 7) is 3.51. The SMILES string of the molecule is COC(=O)c1cccc(NC(=O)C(C)Oc2cccc3c2CCCC3)c1C. The number of nitrogens with one attached hydrogen (secondary N) is 1. The van der Waals surface area contributed by atoms with Gasteiger partial charge in [0, 0.05) is 5.69 Å². The average molecular weight is 367 g/mol. The van der Waals surface area contributed by atoms with Crippen LogP contribution in [0.25, 0.3) is 0 Å². The van der Waals surface area contributed by atoms with E-state index in [1.807, 2.05) is 12.1 Å². The summed E-state index contributed by atoms with van der Waals surface area (Å²) in [7, 11) is 1.34. The van der Waals surface area contributed by atoms with Gasteiger partial charge in [0.15, 0.2) is 6.10 Å². The Morgan fingerprint density at radius 2 is 1.81 bits per heavy atom. The Morgan fingerprint density at radius 3 is 2.59 bits per heavy atom. The Bertz CT molecular complexity index is 859. The molecule has 2 aromatic rings. The summed E-state index contributed by atoms with van der Waals surface area (Å²) >= 11 is 0. The van der Waals surface area contributed by atoms with Gasteiger partial charge >= 0.3 is 5.97 Å². The van der Waals surface area contributed by atoms with Gasteiger partial charge < -0.3 is 14.8 Å². The molecule has 27 heavy (non-hydrogen) atoms. The van der Waals surface area contributed by atoms with E-state index in [1.165, 1.54) is 24.7 Å². The maximum atomic E-state index is 12.6. The number of anilines is 1. The van der Waals surface area contributed by atoms with Crippen molar-refractivity contribution in [3.63, 3.8) is 0 Å². The zero-order valence-corrected chi connectivity index (χ0v) is 16.0. The second-order valence-corrected chi connectivity index (χ2v) is 6.82. The maximum absolute atomic E-state index is 12.6. The smallest absolute Gasteiger partial charge is 0.338 e. The molecule has 1 atom stereocenters. The fourth-order valence-corrected chi connectivity index (χ4v) is 3.44. The summed E-state index contributed by atoms with van der Waals surface area (Å²) in [5.74, 6) is 0.104. The molecule has 1 aliphatic carbocycles. The van der Waals surface area contributed by atoms with Crippen molar-refractivity contribution in [2.24, 2.45) is 0 Å². The van der Waals surface area contributed by atoms with Crippen LogP contribution in [-0.4, -0.2) is 25.1 Å². The van der Waals surface area contributed by atoms with E-state index in [4.69, 9.17) is 9.47 Å². The van der Waals surface area contributed by atoms with Crippen LogP contribution in [0.1, 0.15) is 46.8 Å². The van der Waals surface area contributed by atoms with Crippen LogP contribution in [0.2, 0.25) is 0 Å². The van der Waals surface area contributed by atoms with Crippen molar-refractivity contribution in [2.45, 2.75) is 45.6 Å². The topological polar surface area (TPSA) is 64.6 Å². The number of hydrogen-bond donors (Lipinski definition) is 1. The quantitative estimate of drug-likeness (QED) is 0.809. The van der Waals surface area contributed by atoms with Gasteiger partial charge in [-0.3, -0.25) is 4.79 Å². The summed E-state index contributed by atoms with van der Waals surface area (Å²) < 4.78 is 10.8. The van der Waals surface area contributed by atoms with Crippen molar-refractivity contribution in [3.05, 3.63) is 58.7 Å². The number of methoxy groups -OCH3 is 1. The minimum absolute atomic E-state index is 0.256. The molecule has 0 radical (unpaired) electrons. The summed E-state index contributed by atoms with van der Waals surface area (Å²) in [6.07, 6.45) is 3.74. The molecular formula is C22H25NO4. The zero-order chi connectivity index (χ0) is 19.4. The lowest BCUT2D eigenvalue weighted by molar-refractivity contribution is -0.122. The number of carbonyl (C=O) groups is 2. The molecule has 142 valence electrons. The predicted molar refractivity (Wildman–Crippen MR) is 104 cm³/mol. The average Bonchev–Trinajstić information content (AvgIpc) is 2.69. The minimum atomic E-state index is -0.653. The van der Waals surface area contributed by atoms with Gasteiger partial charge in [0.25, 0.3) is 5.91 Å². The highest BCUT2D eigenvalue weighted by molar-refractivity contribution is 5.98. The lowest BCUT2D eigenvalue weighted by atomic mass is 9.91. The van der Waals surface area contributed by atoms with E-state index >= 15 is 0 Å². The molecule has 0 bridgehead atoms. The van der Waals surface area contributed by atoms with E-state index in [0.717, 1.165) is 25.0 Å². The van der Waals surface area contributed by atoms with Crippen LogP contribution >= 0.6 is 0 Å². The molecule has 1 aliphatic rings. The van der Waals surface area contributed by atoms with Crippen LogP contribution in [0, 0.1) is 6.92 Å². The molecule has 1 amide bonds. The third-order valence-electron chi connectivity index (χ3n) is 5.02. The van der Waals surface area contributed by atoms with Gasteiger partial charge in [-0.1, -0.05) is 18.2 Å². The van der Waals surface area contributed by atoms with E-state index in [9.17, 15) is 9.59 Å². The first kappa shape index (κ1) is 19.0. The number of aryl methyl sites for hydroxylation is 1. The number of hydrogen-bond acceptors (Lipinski definition) is 4. The van der Waals surface area contributed by atoms with Crippen LogP contribution in [0.3, 0.4) is 0 Å². The fourth-order valence-electron chi connectivity index (χ4n) is 3.44. The number of rotatable bonds is 5. The van der Waals surface area contributed by atoms with Crippen LogP contribution in [-0.2, 0) is 22.4 Å². The lowest BCUT2D eigenvalue weighted by Gasteiger charge is -2.22. The number of benzene rings is 2. The van der Waals surface area contributed by atoms with Crippen molar-refractivity contribution in [3.8, 4) is 5.75 Å². The van der Waals surface area contributed by atoms with Crippen LogP contribution < -0.4 is 10.1 Å². The molecule has 0 saturated heterocycles. The summed E-state index contributed by atoms with van der Waals surface area (Å²) in [5.41, 5.74) is 4.21. The molecule has 0 spiro atoms. The van der Waals surface area contributed by atoms with Gasteiger partial charge in [0.05, 0.1) is 12.7 Å². The van der Waals surface area contributed by atoms with Crippen molar-refractivity contribution in [1.82, 2.24) is 0 Å². The molecule has 0 saturated carbocycles. The Labute approximate surface area is 159 Å². The van der Waals surface area contributed by atoms with Gasteiger partial charge in [0.1, 0.15) is 5.75 Å². The number of amides is 1. The second kappa shape index (κ2) is 8.25. The number of esters is 1. The van der Waals surface area contributed by atoms with Gasteiger partial charge in [-0.15, -0.1) is 0 Å². The molecule has 2 aromatic carbocycles. The Balaban J connectivity index is 1.73. The van der Waals surface area contributed by atoms with Crippen molar-refractivity contribution < 1.29 is 19.1 Å². The molecule has 0 aromatic heterocycles. The van der Waals surface area contributed by atoms with Crippen LogP contribution in [0.4, 0.5) is 5.69 Å². The van der Waals surface area contributed by atoms with Crippen molar-refractivity contribution in [2.75, 3.05) is 12.4 Å². The van der Waals surface area contributed by atoms with Crippen LogP contribution in [0.15, 0.2) is 36.4 Å². The van der Waals surface area contributed by atoms with Gasteiger partial charge in [-0.25, -0.2) is 4.79 Å². The molecule has 1 N–H and O–H groups in total. The standard InChI is InChI=1S/C22H25NO4/c1-14-17(22(25)26-3)11-7-12-19(14)23-21(24)15(2)27-20-13-6-9-16-8-4-5-10-18(16)20/h6-7,9,11-13,15H,4-5,8,10H2,1-3H3,(H,23,24). The van der Waals surface area contributed by atoms with Gasteiger partial charge in [-0.05, 0) is 74.4 Å². The fraction of sp³-hybridized carbons (Fsp3) is 0.364. The molecular weight excluding hydrogens is 342 g/mol. The second-order valence-electron chi connectivity index (χ2n) is 6.82. The van der Waals surface area contributed by atoms with E-state index < -0.39 is 12.1 Å². The lowest BCUT2D eigenvalue weighted by Crippen LogP contribution is -2.31. The normalized spacial score (nSPS) is 14.0. The third kappa shape index (κ3) is 4.13. The molecule has 0 fully saturated rings. The number of ether oxygens (including phenoxy) is 2. The first-order valence-electron chi connectivity index (χ1n) is 9.27. The first-order chi connectivity index (χ1) is 13.0. The van der Waals surface area contributed by atoms with E-state index in [-0.39, 0.29) is 5.91 Å². The molecule has 1 unspecified atom stereocenters. The molecule has 5 nitrogen and oxygen atoms in total. The van der Waals surface area contributed by atoms with E-state index in [1.54, 1.807) is 32.0 Å².